The fraction of sp³-hybridized carbons (Fsp3) is 0.455. The van der Waals surface area contributed by atoms with Crippen molar-refractivity contribution in [1.29, 1.82) is 0 Å². The first-order valence-corrected chi connectivity index (χ1v) is 4.98. The first-order valence-electron chi connectivity index (χ1n) is 4.60. The van der Waals surface area contributed by atoms with Crippen molar-refractivity contribution in [2.24, 2.45) is 0 Å². The summed E-state index contributed by atoms with van der Waals surface area (Å²) >= 11 is 5.95. The Balaban J connectivity index is 3.28. The number of methoxy groups -OCH3 is 1. The molecular formula is C11H15ClO3. The van der Waals surface area contributed by atoms with Crippen LogP contribution in [0.25, 0.3) is 0 Å². The van der Waals surface area contributed by atoms with Crippen LogP contribution in [0.4, 0.5) is 0 Å². The Morgan fingerprint density at radius 1 is 1.40 bits per heavy atom. The van der Waals surface area contributed by atoms with E-state index in [2.05, 4.69) is 0 Å². The molecule has 0 radical (unpaired) electrons. The molecule has 0 aromatic heterocycles. The van der Waals surface area contributed by atoms with Gasteiger partial charge in [-0.1, -0.05) is 25.4 Å². The summed E-state index contributed by atoms with van der Waals surface area (Å²) in [4.78, 5) is 0. The van der Waals surface area contributed by atoms with Gasteiger partial charge in [-0.2, -0.15) is 0 Å². The molecular weight excluding hydrogens is 216 g/mol. The van der Waals surface area contributed by atoms with E-state index in [-0.39, 0.29) is 12.4 Å². The second-order valence-electron chi connectivity index (χ2n) is 4.05. The number of benzene rings is 1. The molecule has 15 heavy (non-hydrogen) atoms. The number of hydrogen-bond acceptors (Lipinski definition) is 3. The van der Waals surface area contributed by atoms with Gasteiger partial charge in [0.1, 0.15) is 11.5 Å². The van der Waals surface area contributed by atoms with Crippen LogP contribution in [0.5, 0.6) is 11.5 Å². The third-order valence-electron chi connectivity index (χ3n) is 2.39. The lowest BCUT2D eigenvalue weighted by atomic mass is 9.85. The van der Waals surface area contributed by atoms with Crippen LogP contribution in [-0.2, 0) is 5.41 Å². The quantitative estimate of drug-likeness (QED) is 0.838. The lowest BCUT2D eigenvalue weighted by Crippen LogP contribution is -2.22. The fourth-order valence-electron chi connectivity index (χ4n) is 1.33. The van der Waals surface area contributed by atoms with Crippen LogP contribution in [0.2, 0.25) is 5.02 Å². The minimum Gasteiger partial charge on any atom is -0.508 e. The second-order valence-corrected chi connectivity index (χ2v) is 4.45. The van der Waals surface area contributed by atoms with Crippen molar-refractivity contribution in [2.45, 2.75) is 19.3 Å². The maximum atomic E-state index is 9.76. The Bertz CT molecular complexity index is 361. The molecule has 0 fully saturated rings. The molecule has 0 bridgehead atoms. The van der Waals surface area contributed by atoms with Gasteiger partial charge in [0.2, 0.25) is 0 Å². The van der Waals surface area contributed by atoms with Crippen molar-refractivity contribution in [2.75, 3.05) is 13.7 Å². The van der Waals surface area contributed by atoms with Gasteiger partial charge in [-0.25, -0.2) is 0 Å². The van der Waals surface area contributed by atoms with Crippen molar-refractivity contribution in [1.82, 2.24) is 0 Å². The Morgan fingerprint density at radius 2 is 2.00 bits per heavy atom. The molecule has 0 atom stereocenters. The van der Waals surface area contributed by atoms with Crippen LogP contribution in [0, 0.1) is 0 Å². The van der Waals surface area contributed by atoms with Gasteiger partial charge in [-0.05, 0) is 6.07 Å². The first-order chi connectivity index (χ1) is 6.92. The lowest BCUT2D eigenvalue weighted by Gasteiger charge is -2.24. The summed E-state index contributed by atoms with van der Waals surface area (Å²) < 4.78 is 4.97. The highest BCUT2D eigenvalue weighted by Crippen LogP contribution is 2.37. The number of phenols is 1. The van der Waals surface area contributed by atoms with Gasteiger partial charge in [0.25, 0.3) is 0 Å². The Labute approximate surface area is 94.3 Å². The van der Waals surface area contributed by atoms with Gasteiger partial charge in [0, 0.05) is 17.0 Å². The summed E-state index contributed by atoms with van der Waals surface area (Å²) in [5, 5.41) is 19.4. The molecule has 1 rings (SSSR count). The van der Waals surface area contributed by atoms with E-state index in [1.54, 1.807) is 6.07 Å². The normalized spacial score (nSPS) is 11.5. The van der Waals surface area contributed by atoms with Gasteiger partial charge in [-0.15, -0.1) is 0 Å². The van der Waals surface area contributed by atoms with Crippen LogP contribution in [0.15, 0.2) is 12.1 Å². The minimum atomic E-state index is -0.528. The number of ether oxygens (including phenoxy) is 1. The molecule has 0 saturated heterocycles. The van der Waals surface area contributed by atoms with Gasteiger partial charge in [0.15, 0.2) is 0 Å². The van der Waals surface area contributed by atoms with Crippen molar-refractivity contribution in [3.05, 3.63) is 22.7 Å². The molecule has 1 aromatic rings. The molecule has 4 heteroatoms. The third-order valence-corrected chi connectivity index (χ3v) is 2.69. The van der Waals surface area contributed by atoms with E-state index in [0.717, 1.165) is 0 Å². The smallest absolute Gasteiger partial charge is 0.141 e. The van der Waals surface area contributed by atoms with Crippen LogP contribution in [0.3, 0.4) is 0 Å². The number of hydrogen-bond donors (Lipinski definition) is 2. The summed E-state index contributed by atoms with van der Waals surface area (Å²) in [7, 11) is 1.48. The van der Waals surface area contributed by atoms with E-state index in [0.29, 0.717) is 16.3 Å². The molecule has 3 nitrogen and oxygen atoms in total. The van der Waals surface area contributed by atoms with E-state index < -0.39 is 5.41 Å². The molecule has 0 heterocycles. The summed E-state index contributed by atoms with van der Waals surface area (Å²) in [5.41, 5.74) is 0.0794. The number of rotatable bonds is 3. The highest BCUT2D eigenvalue weighted by Gasteiger charge is 2.24. The van der Waals surface area contributed by atoms with Gasteiger partial charge < -0.3 is 14.9 Å². The molecule has 0 aliphatic carbocycles. The van der Waals surface area contributed by atoms with Crippen molar-refractivity contribution < 1.29 is 14.9 Å². The first kappa shape index (κ1) is 12.1. The SMILES string of the molecule is COc1cc(O)c(C(C)(C)CO)cc1Cl. The third kappa shape index (κ3) is 2.36. The number of aliphatic hydroxyl groups excluding tert-OH is 1. The molecule has 0 unspecified atom stereocenters. The number of phenolic OH excluding ortho intramolecular Hbond substituents is 1. The molecule has 0 aliphatic rings. The summed E-state index contributed by atoms with van der Waals surface area (Å²) in [5.74, 6) is 0.502. The van der Waals surface area contributed by atoms with Crippen LogP contribution < -0.4 is 4.74 Å². The largest absolute Gasteiger partial charge is 0.508 e. The molecule has 2 N–H and O–H groups in total. The minimum absolute atomic E-state index is 0.0663. The van der Waals surface area contributed by atoms with E-state index >= 15 is 0 Å². The van der Waals surface area contributed by atoms with Crippen molar-refractivity contribution in [3.8, 4) is 11.5 Å². The number of aromatic hydroxyl groups is 1. The molecule has 0 spiro atoms. The monoisotopic (exact) mass is 230 g/mol. The van der Waals surface area contributed by atoms with Crippen molar-refractivity contribution in [3.63, 3.8) is 0 Å². The molecule has 0 amide bonds. The average molecular weight is 231 g/mol. The van der Waals surface area contributed by atoms with E-state index in [1.165, 1.54) is 13.2 Å². The van der Waals surface area contributed by atoms with Crippen LogP contribution >= 0.6 is 11.6 Å². The fourth-order valence-corrected chi connectivity index (χ4v) is 1.57. The number of aliphatic hydroxyl groups is 1. The highest BCUT2D eigenvalue weighted by atomic mass is 35.5. The topological polar surface area (TPSA) is 49.7 Å². The number of halogens is 1. The maximum Gasteiger partial charge on any atom is 0.141 e. The second kappa shape index (κ2) is 4.29. The standard InChI is InChI=1S/C11H15ClO3/c1-11(2,6-13)7-4-8(12)10(15-3)5-9(7)14/h4-5,13-14H,6H2,1-3H3. The van der Waals surface area contributed by atoms with Gasteiger partial charge in [-0.3, -0.25) is 0 Å². The maximum absolute atomic E-state index is 9.76. The van der Waals surface area contributed by atoms with E-state index in [9.17, 15) is 10.2 Å². The zero-order valence-corrected chi connectivity index (χ0v) is 9.80. The predicted molar refractivity (Wildman–Crippen MR) is 59.8 cm³/mol. The van der Waals surface area contributed by atoms with Crippen LogP contribution in [0.1, 0.15) is 19.4 Å². The van der Waals surface area contributed by atoms with E-state index in [1.807, 2.05) is 13.8 Å². The Hall–Kier alpha value is -0.930. The summed E-state index contributed by atoms with van der Waals surface area (Å²) in [6.45, 7) is 3.58. The molecule has 0 saturated carbocycles. The zero-order valence-electron chi connectivity index (χ0n) is 9.04. The van der Waals surface area contributed by atoms with Gasteiger partial charge >= 0.3 is 0 Å². The highest BCUT2D eigenvalue weighted by molar-refractivity contribution is 6.32. The van der Waals surface area contributed by atoms with Crippen LogP contribution in [-0.4, -0.2) is 23.9 Å². The van der Waals surface area contributed by atoms with E-state index in [4.69, 9.17) is 16.3 Å². The molecule has 84 valence electrons. The predicted octanol–water partition coefficient (Wildman–Crippen LogP) is 2.32. The summed E-state index contributed by atoms with van der Waals surface area (Å²) in [6.07, 6.45) is 0. The van der Waals surface area contributed by atoms with Crippen molar-refractivity contribution >= 4 is 11.6 Å². The Kier molecular flexibility index (Phi) is 3.47. The summed E-state index contributed by atoms with van der Waals surface area (Å²) in [6, 6.07) is 3.07. The molecule has 0 aliphatic heterocycles. The average Bonchev–Trinajstić information content (AvgIpc) is 2.20. The molecule has 1 aromatic carbocycles. The lowest BCUT2D eigenvalue weighted by molar-refractivity contribution is 0.215. The van der Waals surface area contributed by atoms with Gasteiger partial charge in [0.05, 0.1) is 18.7 Å². The Morgan fingerprint density at radius 3 is 2.47 bits per heavy atom. The zero-order chi connectivity index (χ0) is 11.6.